The summed E-state index contributed by atoms with van der Waals surface area (Å²) in [6, 6.07) is 0.282. The van der Waals surface area contributed by atoms with E-state index < -0.39 is 0 Å². The number of nitrogens with zero attached hydrogens (tertiary/aromatic N) is 1. The number of nitrogens with one attached hydrogen (secondary N) is 1. The third kappa shape index (κ3) is 3.34. The summed E-state index contributed by atoms with van der Waals surface area (Å²) >= 11 is 5.46. The van der Waals surface area contributed by atoms with E-state index in [2.05, 4.69) is 5.32 Å². The number of piperidine rings is 1. The van der Waals surface area contributed by atoms with Crippen molar-refractivity contribution < 1.29 is 4.79 Å². The Labute approximate surface area is 114 Å². The molecule has 1 heterocycles. The molecule has 3 N–H and O–H groups in total. The van der Waals surface area contributed by atoms with Crippen molar-refractivity contribution >= 4 is 23.2 Å². The highest BCUT2D eigenvalue weighted by molar-refractivity contribution is 7.80. The highest BCUT2D eigenvalue weighted by Gasteiger charge is 2.29. The predicted octanol–water partition coefficient (Wildman–Crippen LogP) is 1.53. The quantitative estimate of drug-likeness (QED) is 0.747. The van der Waals surface area contributed by atoms with Gasteiger partial charge >= 0.3 is 0 Å². The van der Waals surface area contributed by atoms with Gasteiger partial charge < -0.3 is 16.0 Å². The van der Waals surface area contributed by atoms with Crippen molar-refractivity contribution in [3.8, 4) is 0 Å². The van der Waals surface area contributed by atoms with E-state index in [0.717, 1.165) is 30.9 Å². The maximum absolute atomic E-state index is 11.5. The third-order valence-electron chi connectivity index (χ3n) is 4.02. The van der Waals surface area contributed by atoms with Gasteiger partial charge in [0.15, 0.2) is 5.11 Å². The molecule has 4 nitrogen and oxygen atoms in total. The van der Waals surface area contributed by atoms with E-state index in [0.29, 0.717) is 6.04 Å². The molecule has 18 heavy (non-hydrogen) atoms. The molecule has 1 atom stereocenters. The molecule has 1 aliphatic carbocycles. The van der Waals surface area contributed by atoms with Gasteiger partial charge in [-0.2, -0.15) is 0 Å². The fourth-order valence-corrected chi connectivity index (χ4v) is 3.36. The lowest BCUT2D eigenvalue weighted by atomic mass is 9.95. The number of likely N-dealkylation sites (tertiary alicyclic amines) is 1. The summed E-state index contributed by atoms with van der Waals surface area (Å²) in [4.78, 5) is 13.5. The van der Waals surface area contributed by atoms with Gasteiger partial charge in [0.1, 0.15) is 6.04 Å². The second-order valence-electron chi connectivity index (χ2n) is 5.39. The Bertz CT molecular complexity index is 315. The molecular weight excluding hydrogens is 246 g/mol. The van der Waals surface area contributed by atoms with Crippen LogP contribution in [-0.2, 0) is 4.79 Å². The summed E-state index contributed by atoms with van der Waals surface area (Å²) in [5.41, 5.74) is 5.46. The van der Waals surface area contributed by atoms with Crippen molar-refractivity contribution in [2.24, 2.45) is 5.73 Å². The van der Waals surface area contributed by atoms with Crippen LogP contribution in [0.2, 0.25) is 0 Å². The van der Waals surface area contributed by atoms with E-state index in [-0.39, 0.29) is 11.9 Å². The number of amides is 1. The monoisotopic (exact) mass is 269 g/mol. The molecule has 1 aliphatic heterocycles. The second kappa shape index (κ2) is 6.36. The van der Waals surface area contributed by atoms with Crippen molar-refractivity contribution in [2.75, 3.05) is 6.54 Å². The lowest BCUT2D eigenvalue weighted by molar-refractivity contribution is -0.122. The van der Waals surface area contributed by atoms with E-state index >= 15 is 0 Å². The Morgan fingerprint density at radius 3 is 2.44 bits per heavy atom. The summed E-state index contributed by atoms with van der Waals surface area (Å²) in [6.07, 6.45) is 9.26. The standard InChI is InChI=1S/C13H23N3OS/c14-12(17)11-8-4-5-9-16(11)13(18)15-10-6-2-1-3-7-10/h10-11H,1-9H2,(H2,14,17)(H,15,18)/t11-/m1/s1. The SMILES string of the molecule is NC(=O)[C@H]1CCCCN1C(=S)NC1CCCCC1. The first-order valence-electron chi connectivity index (χ1n) is 7.05. The zero-order valence-corrected chi connectivity index (χ0v) is 11.7. The van der Waals surface area contributed by atoms with Crippen LogP contribution in [0, 0.1) is 0 Å². The van der Waals surface area contributed by atoms with Crippen LogP contribution in [-0.4, -0.2) is 34.5 Å². The molecule has 0 unspecified atom stereocenters. The molecule has 0 spiro atoms. The average Bonchev–Trinajstić information content (AvgIpc) is 2.40. The zero-order chi connectivity index (χ0) is 13.0. The van der Waals surface area contributed by atoms with Gasteiger partial charge in [-0.05, 0) is 44.3 Å². The van der Waals surface area contributed by atoms with E-state index in [1.165, 1.54) is 32.1 Å². The maximum atomic E-state index is 11.5. The van der Waals surface area contributed by atoms with E-state index in [1.807, 2.05) is 4.90 Å². The van der Waals surface area contributed by atoms with Crippen LogP contribution in [0.4, 0.5) is 0 Å². The Hall–Kier alpha value is -0.840. The van der Waals surface area contributed by atoms with E-state index in [9.17, 15) is 4.79 Å². The molecule has 1 amide bonds. The first-order chi connectivity index (χ1) is 8.68. The summed E-state index contributed by atoms with van der Waals surface area (Å²) in [7, 11) is 0. The number of carbonyl (C=O) groups is 1. The molecule has 1 saturated heterocycles. The topological polar surface area (TPSA) is 58.4 Å². The van der Waals surface area contributed by atoms with Crippen LogP contribution < -0.4 is 11.1 Å². The third-order valence-corrected chi connectivity index (χ3v) is 4.38. The van der Waals surface area contributed by atoms with Gasteiger partial charge in [0.05, 0.1) is 0 Å². The molecule has 1 saturated carbocycles. The van der Waals surface area contributed by atoms with Gasteiger partial charge in [-0.25, -0.2) is 0 Å². The van der Waals surface area contributed by atoms with Crippen molar-refractivity contribution in [3.05, 3.63) is 0 Å². The number of nitrogens with two attached hydrogens (primary N) is 1. The van der Waals surface area contributed by atoms with Crippen molar-refractivity contribution in [1.29, 1.82) is 0 Å². The zero-order valence-electron chi connectivity index (χ0n) is 10.9. The average molecular weight is 269 g/mol. The maximum Gasteiger partial charge on any atom is 0.240 e. The number of rotatable bonds is 2. The Morgan fingerprint density at radius 1 is 1.11 bits per heavy atom. The molecule has 0 aromatic rings. The summed E-state index contributed by atoms with van der Waals surface area (Å²) in [5.74, 6) is -0.248. The number of primary amides is 1. The minimum absolute atomic E-state index is 0.206. The lowest BCUT2D eigenvalue weighted by Gasteiger charge is -2.37. The molecule has 5 heteroatoms. The number of hydrogen-bond donors (Lipinski definition) is 2. The number of hydrogen-bond acceptors (Lipinski definition) is 2. The smallest absolute Gasteiger partial charge is 0.240 e. The van der Waals surface area contributed by atoms with Crippen LogP contribution in [0.15, 0.2) is 0 Å². The fourth-order valence-electron chi connectivity index (χ4n) is 2.97. The molecule has 0 aromatic carbocycles. The van der Waals surface area contributed by atoms with Gasteiger partial charge in [0.25, 0.3) is 0 Å². The minimum Gasteiger partial charge on any atom is -0.368 e. The predicted molar refractivity (Wildman–Crippen MR) is 76.1 cm³/mol. The highest BCUT2D eigenvalue weighted by atomic mass is 32.1. The fraction of sp³-hybridized carbons (Fsp3) is 0.846. The first-order valence-corrected chi connectivity index (χ1v) is 7.46. The van der Waals surface area contributed by atoms with Gasteiger partial charge in [-0.3, -0.25) is 4.79 Å². The van der Waals surface area contributed by atoms with Gasteiger partial charge in [-0.1, -0.05) is 19.3 Å². The molecule has 2 aliphatic rings. The molecule has 0 aromatic heterocycles. The van der Waals surface area contributed by atoms with Crippen LogP contribution in [0.5, 0.6) is 0 Å². The van der Waals surface area contributed by atoms with Crippen LogP contribution >= 0.6 is 12.2 Å². The molecule has 0 bridgehead atoms. The van der Waals surface area contributed by atoms with E-state index in [1.54, 1.807) is 0 Å². The molecule has 2 fully saturated rings. The summed E-state index contributed by atoms with van der Waals surface area (Å²) in [5, 5.41) is 4.15. The Morgan fingerprint density at radius 2 is 1.78 bits per heavy atom. The minimum atomic E-state index is -0.248. The molecule has 0 radical (unpaired) electrons. The van der Waals surface area contributed by atoms with Gasteiger partial charge in [-0.15, -0.1) is 0 Å². The van der Waals surface area contributed by atoms with Crippen molar-refractivity contribution in [2.45, 2.75) is 63.5 Å². The number of thiocarbonyl (C=S) groups is 1. The van der Waals surface area contributed by atoms with Crippen LogP contribution in [0.3, 0.4) is 0 Å². The second-order valence-corrected chi connectivity index (χ2v) is 5.78. The van der Waals surface area contributed by atoms with Crippen LogP contribution in [0.1, 0.15) is 51.4 Å². The number of carbonyl (C=O) groups excluding carboxylic acids is 1. The van der Waals surface area contributed by atoms with Gasteiger partial charge in [0, 0.05) is 12.6 Å². The highest BCUT2D eigenvalue weighted by Crippen LogP contribution is 2.20. The Balaban J connectivity index is 1.91. The lowest BCUT2D eigenvalue weighted by Crippen LogP contribution is -2.55. The Kier molecular flexibility index (Phi) is 4.80. The van der Waals surface area contributed by atoms with Crippen molar-refractivity contribution in [1.82, 2.24) is 10.2 Å². The molecule has 102 valence electrons. The summed E-state index contributed by atoms with van der Waals surface area (Å²) < 4.78 is 0. The van der Waals surface area contributed by atoms with E-state index in [4.69, 9.17) is 18.0 Å². The largest absolute Gasteiger partial charge is 0.368 e. The van der Waals surface area contributed by atoms with Crippen molar-refractivity contribution in [3.63, 3.8) is 0 Å². The van der Waals surface area contributed by atoms with Gasteiger partial charge in [0.2, 0.25) is 5.91 Å². The van der Waals surface area contributed by atoms with Crippen LogP contribution in [0.25, 0.3) is 0 Å². The molecule has 2 rings (SSSR count). The summed E-state index contributed by atoms with van der Waals surface area (Å²) in [6.45, 7) is 0.853. The first kappa shape index (κ1) is 13.6. The molecular formula is C13H23N3OS. The normalized spacial score (nSPS) is 25.8.